The number of fused-ring (bicyclic) bond motifs is 1. The zero-order valence-electron chi connectivity index (χ0n) is 24.3. The molecule has 43 heavy (non-hydrogen) atoms. The second-order valence-corrected chi connectivity index (χ2v) is 11.2. The Morgan fingerprint density at radius 2 is 1.74 bits per heavy atom. The molecule has 1 aliphatic rings. The van der Waals surface area contributed by atoms with Gasteiger partial charge in [-0.05, 0) is 56.8 Å². The number of hydrogen-bond acceptors (Lipinski definition) is 6. The number of carbonyl (C=O) groups excluding carboxylic acids is 3. The van der Waals surface area contributed by atoms with E-state index in [1.54, 1.807) is 42.0 Å². The highest BCUT2D eigenvalue weighted by atomic mass is 35.5. The molecule has 0 radical (unpaired) electrons. The van der Waals surface area contributed by atoms with Crippen LogP contribution < -0.4 is 5.32 Å². The lowest BCUT2D eigenvalue weighted by Crippen LogP contribution is -2.48. The number of aromatic nitrogens is 3. The Morgan fingerprint density at radius 1 is 1.00 bits per heavy atom. The van der Waals surface area contributed by atoms with Crippen LogP contribution in [0.4, 0.5) is 5.69 Å². The highest BCUT2D eigenvalue weighted by molar-refractivity contribution is 6.31. The number of halogens is 1. The van der Waals surface area contributed by atoms with Crippen LogP contribution in [0.25, 0.3) is 16.6 Å². The lowest BCUT2D eigenvalue weighted by molar-refractivity contribution is -0.133. The molecule has 12 heteroatoms. The summed E-state index contributed by atoms with van der Waals surface area (Å²) in [6.07, 6.45) is 4.18. The van der Waals surface area contributed by atoms with Crippen LogP contribution in [-0.2, 0) is 11.3 Å². The molecule has 1 aliphatic heterocycles. The Balaban J connectivity index is 1.43. The number of nitrogens with zero attached hydrogens (tertiary/aromatic N) is 5. The van der Waals surface area contributed by atoms with Crippen LogP contribution in [0.1, 0.15) is 56.5 Å². The molecule has 4 aromatic rings. The van der Waals surface area contributed by atoms with E-state index < -0.39 is 11.9 Å². The molecule has 0 atom stereocenters. The molecule has 5 rings (SSSR count). The third-order valence-corrected chi connectivity index (χ3v) is 8.00. The average molecular weight is 605 g/mol. The summed E-state index contributed by atoms with van der Waals surface area (Å²) >= 11 is 6.27. The molecule has 2 N–H and O–H groups in total. The molecule has 0 bridgehead atoms. The third-order valence-electron chi connectivity index (χ3n) is 7.76. The molecule has 0 aliphatic carbocycles. The molecular weight excluding hydrogens is 572 g/mol. The first-order chi connectivity index (χ1) is 20.6. The molecule has 0 unspecified atom stereocenters. The Morgan fingerprint density at radius 3 is 2.44 bits per heavy atom. The molecule has 0 saturated carbocycles. The molecule has 3 heterocycles. The van der Waals surface area contributed by atoms with Crippen molar-refractivity contribution < 1.29 is 24.3 Å². The van der Waals surface area contributed by atoms with Crippen LogP contribution in [0, 0.1) is 6.92 Å². The van der Waals surface area contributed by atoms with Crippen molar-refractivity contribution in [2.24, 2.45) is 0 Å². The predicted octanol–water partition coefficient (Wildman–Crippen LogP) is 4.50. The van der Waals surface area contributed by atoms with Crippen molar-refractivity contribution in [3.05, 3.63) is 76.2 Å². The predicted molar refractivity (Wildman–Crippen MR) is 163 cm³/mol. The Bertz CT molecular complexity index is 1730. The summed E-state index contributed by atoms with van der Waals surface area (Å²) in [5.41, 5.74) is 2.38. The minimum atomic E-state index is -1.24. The molecule has 1 saturated heterocycles. The number of benzene rings is 2. The van der Waals surface area contributed by atoms with Gasteiger partial charge in [0.25, 0.3) is 5.91 Å². The highest BCUT2D eigenvalue weighted by Gasteiger charge is 2.23. The summed E-state index contributed by atoms with van der Waals surface area (Å²) in [4.78, 5) is 55.3. The van der Waals surface area contributed by atoms with Crippen LogP contribution in [0.5, 0.6) is 0 Å². The maximum Gasteiger partial charge on any atom is 0.337 e. The first-order valence-corrected chi connectivity index (χ1v) is 14.5. The number of amides is 2. The first kappa shape index (κ1) is 30.0. The minimum absolute atomic E-state index is 0.0295. The van der Waals surface area contributed by atoms with Gasteiger partial charge < -0.3 is 24.8 Å². The largest absolute Gasteiger partial charge is 0.478 e. The zero-order chi connectivity index (χ0) is 30.8. The lowest BCUT2D eigenvalue weighted by Gasteiger charge is -2.32. The number of carbonyl (C=O) groups is 4. The number of anilines is 1. The van der Waals surface area contributed by atoms with Gasteiger partial charge in [0.2, 0.25) is 5.91 Å². The summed E-state index contributed by atoms with van der Waals surface area (Å²) in [5, 5.41) is 18.0. The van der Waals surface area contributed by atoms with Crippen LogP contribution in [-0.4, -0.2) is 86.0 Å². The number of nitrogens with one attached hydrogen (secondary N) is 1. The van der Waals surface area contributed by atoms with Gasteiger partial charge in [0.05, 0.1) is 40.0 Å². The minimum Gasteiger partial charge on any atom is -0.478 e. The van der Waals surface area contributed by atoms with E-state index in [1.165, 1.54) is 23.0 Å². The van der Waals surface area contributed by atoms with Gasteiger partial charge >= 0.3 is 5.97 Å². The Hall–Kier alpha value is -4.48. The van der Waals surface area contributed by atoms with E-state index in [0.717, 1.165) is 13.1 Å². The van der Waals surface area contributed by atoms with E-state index in [9.17, 15) is 24.3 Å². The highest BCUT2D eigenvalue weighted by Crippen LogP contribution is 2.28. The number of aromatic carboxylic acids is 1. The van der Waals surface area contributed by atoms with E-state index in [1.807, 2.05) is 18.9 Å². The Labute approximate surface area is 253 Å². The van der Waals surface area contributed by atoms with Gasteiger partial charge in [-0.15, -0.1) is 0 Å². The number of Topliss-reactive ketones (excluding diaryl/α,β-unsaturated/α-hetero) is 1. The number of carboxylic acid groups (broad SMARTS) is 1. The molecule has 1 fully saturated rings. The van der Waals surface area contributed by atoms with Gasteiger partial charge in [-0.3, -0.25) is 14.4 Å². The monoisotopic (exact) mass is 604 g/mol. The summed E-state index contributed by atoms with van der Waals surface area (Å²) in [6.45, 7) is 6.59. The van der Waals surface area contributed by atoms with E-state index in [-0.39, 0.29) is 35.0 Å². The zero-order valence-corrected chi connectivity index (χ0v) is 25.0. The molecule has 11 nitrogen and oxygen atoms in total. The second kappa shape index (κ2) is 12.4. The van der Waals surface area contributed by atoms with Gasteiger partial charge in [-0.2, -0.15) is 5.10 Å². The number of carboxylic acids is 1. The number of piperazine rings is 1. The van der Waals surface area contributed by atoms with Crippen LogP contribution in [0.3, 0.4) is 0 Å². The maximum absolute atomic E-state index is 13.6. The van der Waals surface area contributed by atoms with Crippen molar-refractivity contribution in [2.45, 2.75) is 33.2 Å². The van der Waals surface area contributed by atoms with Gasteiger partial charge in [0.15, 0.2) is 5.78 Å². The first-order valence-electron chi connectivity index (χ1n) is 14.1. The van der Waals surface area contributed by atoms with Crippen molar-refractivity contribution in [3.63, 3.8) is 0 Å². The molecule has 2 amide bonds. The van der Waals surface area contributed by atoms with Crippen molar-refractivity contribution in [2.75, 3.05) is 38.5 Å². The summed E-state index contributed by atoms with van der Waals surface area (Å²) in [5.74, 6) is -1.87. The molecule has 224 valence electrons. The summed E-state index contributed by atoms with van der Waals surface area (Å²) in [7, 11) is 2.02. The number of likely N-dealkylation sites (N-methyl/N-ethyl adjacent to an activating group) is 1. The van der Waals surface area contributed by atoms with Gasteiger partial charge in [0.1, 0.15) is 6.54 Å². The van der Waals surface area contributed by atoms with Crippen molar-refractivity contribution >= 4 is 51.8 Å². The van der Waals surface area contributed by atoms with Crippen LogP contribution in [0.15, 0.2) is 48.8 Å². The standard InChI is InChI=1S/C31H33ClN6O5/c1-4-5-28(39)24-16-33-38(19(24)2)21-7-8-26(23(15-21)31(42)43)34-30(41)25-17-37(27-9-6-20(32)14-22(25)27)18-29(40)36-12-10-35(3)11-13-36/h6-9,14-17H,4-5,10-13,18H2,1-3H3,(H,34,41)(H,42,43). The van der Waals surface area contributed by atoms with Crippen molar-refractivity contribution in [3.8, 4) is 5.69 Å². The third kappa shape index (κ3) is 6.18. The smallest absolute Gasteiger partial charge is 0.337 e. The fourth-order valence-corrected chi connectivity index (χ4v) is 5.50. The fraction of sp³-hybridized carbons (Fsp3) is 0.323. The lowest BCUT2D eigenvalue weighted by atomic mass is 10.1. The maximum atomic E-state index is 13.6. The SMILES string of the molecule is CCCC(=O)c1cnn(-c2ccc(NC(=O)c3cn(CC(=O)N4CCN(C)CC4)c4ccc(Cl)cc34)c(C(=O)O)c2)c1C. The molecular formula is C31H33ClN6O5. The van der Waals surface area contributed by atoms with E-state index >= 15 is 0 Å². The average Bonchev–Trinajstić information content (AvgIpc) is 3.53. The number of hydrogen-bond donors (Lipinski definition) is 2. The molecule has 2 aromatic carbocycles. The molecule has 2 aromatic heterocycles. The van der Waals surface area contributed by atoms with Crippen molar-refractivity contribution in [1.29, 1.82) is 0 Å². The van der Waals surface area contributed by atoms with Gasteiger partial charge in [-0.1, -0.05) is 18.5 Å². The number of ketones is 1. The van der Waals surface area contributed by atoms with Crippen LogP contribution in [0.2, 0.25) is 5.02 Å². The normalized spacial score (nSPS) is 13.8. The second-order valence-electron chi connectivity index (χ2n) is 10.7. The Kier molecular flexibility index (Phi) is 8.65. The van der Waals surface area contributed by atoms with E-state index in [0.29, 0.717) is 58.8 Å². The number of rotatable bonds is 9. The van der Waals surface area contributed by atoms with Crippen molar-refractivity contribution in [1.82, 2.24) is 24.1 Å². The quantitative estimate of drug-likeness (QED) is 0.269. The topological polar surface area (TPSA) is 130 Å². The van der Waals surface area contributed by atoms with Gasteiger partial charge in [0, 0.05) is 54.7 Å². The van der Waals surface area contributed by atoms with E-state index in [4.69, 9.17) is 11.6 Å². The molecule has 0 spiro atoms. The van der Waals surface area contributed by atoms with Gasteiger partial charge in [-0.25, -0.2) is 9.48 Å². The van der Waals surface area contributed by atoms with E-state index in [2.05, 4.69) is 15.3 Å². The fourth-order valence-electron chi connectivity index (χ4n) is 5.33. The summed E-state index contributed by atoms with van der Waals surface area (Å²) in [6, 6.07) is 9.64. The van der Waals surface area contributed by atoms with Crippen LogP contribution >= 0.6 is 11.6 Å². The summed E-state index contributed by atoms with van der Waals surface area (Å²) < 4.78 is 3.23.